The first-order valence-electron chi connectivity index (χ1n) is 5.52. The molecule has 0 atom stereocenters. The van der Waals surface area contributed by atoms with Gasteiger partial charge in [-0.1, -0.05) is 12.1 Å². The van der Waals surface area contributed by atoms with Crippen molar-refractivity contribution in [2.45, 2.75) is 6.42 Å². The maximum Gasteiger partial charge on any atom is 0.180 e. The van der Waals surface area contributed by atoms with Crippen molar-refractivity contribution >= 4 is 17.1 Å². The van der Waals surface area contributed by atoms with Gasteiger partial charge in [0.05, 0.1) is 14.2 Å². The van der Waals surface area contributed by atoms with Crippen LogP contribution in [0.3, 0.4) is 0 Å². The minimum atomic E-state index is 0.0649. The molecule has 0 saturated heterocycles. The van der Waals surface area contributed by atoms with Crippen molar-refractivity contribution in [3.63, 3.8) is 0 Å². The van der Waals surface area contributed by atoms with Gasteiger partial charge in [-0.3, -0.25) is 4.79 Å². The van der Waals surface area contributed by atoms with Gasteiger partial charge in [-0.2, -0.15) is 0 Å². The standard InChI is InChI=1S/C14H14O3S/c1-16-11-5-3-4-10(8-11)9-12(15)14-13(17-2)6-7-18-14/h3-8H,9H2,1-2H3. The van der Waals surface area contributed by atoms with Gasteiger partial charge in [0.15, 0.2) is 5.78 Å². The van der Waals surface area contributed by atoms with Crippen LogP contribution in [-0.4, -0.2) is 20.0 Å². The average Bonchev–Trinajstić information content (AvgIpc) is 2.87. The highest BCUT2D eigenvalue weighted by Crippen LogP contribution is 2.26. The fourth-order valence-electron chi connectivity index (χ4n) is 1.71. The molecule has 0 unspecified atom stereocenters. The Morgan fingerprint density at radius 3 is 2.78 bits per heavy atom. The Hall–Kier alpha value is -1.81. The zero-order valence-electron chi connectivity index (χ0n) is 10.3. The molecule has 0 aliphatic heterocycles. The van der Waals surface area contributed by atoms with Crippen molar-refractivity contribution in [2.24, 2.45) is 0 Å². The first-order valence-corrected chi connectivity index (χ1v) is 6.40. The Morgan fingerprint density at radius 1 is 1.22 bits per heavy atom. The monoisotopic (exact) mass is 262 g/mol. The van der Waals surface area contributed by atoms with E-state index < -0.39 is 0 Å². The van der Waals surface area contributed by atoms with E-state index in [2.05, 4.69) is 0 Å². The number of methoxy groups -OCH3 is 2. The molecule has 94 valence electrons. The third kappa shape index (κ3) is 2.71. The fraction of sp³-hybridized carbons (Fsp3) is 0.214. The van der Waals surface area contributed by atoms with Gasteiger partial charge in [0, 0.05) is 6.42 Å². The predicted octanol–water partition coefficient (Wildman–Crippen LogP) is 3.19. The van der Waals surface area contributed by atoms with Crippen molar-refractivity contribution in [1.82, 2.24) is 0 Å². The predicted molar refractivity (Wildman–Crippen MR) is 71.9 cm³/mol. The highest BCUT2D eigenvalue weighted by Gasteiger charge is 2.14. The molecule has 1 aromatic heterocycles. The van der Waals surface area contributed by atoms with Gasteiger partial charge in [0.1, 0.15) is 16.4 Å². The molecule has 0 bridgehead atoms. The summed E-state index contributed by atoms with van der Waals surface area (Å²) in [5.74, 6) is 1.47. The molecule has 2 rings (SSSR count). The van der Waals surface area contributed by atoms with Crippen LogP contribution in [0.5, 0.6) is 11.5 Å². The molecule has 0 aliphatic carbocycles. The number of Topliss-reactive ketones (excluding diaryl/α,β-unsaturated/α-hetero) is 1. The first kappa shape index (κ1) is 12.6. The van der Waals surface area contributed by atoms with E-state index in [9.17, 15) is 4.79 Å². The van der Waals surface area contributed by atoms with Gasteiger partial charge in [0.2, 0.25) is 0 Å². The minimum absolute atomic E-state index is 0.0649. The second-order valence-corrected chi connectivity index (χ2v) is 4.69. The Balaban J connectivity index is 2.16. The van der Waals surface area contributed by atoms with Crippen LogP contribution in [0.4, 0.5) is 0 Å². The number of rotatable bonds is 5. The number of carbonyl (C=O) groups is 1. The van der Waals surface area contributed by atoms with Crippen LogP contribution >= 0.6 is 11.3 Å². The van der Waals surface area contributed by atoms with Crippen LogP contribution in [0.1, 0.15) is 15.2 Å². The van der Waals surface area contributed by atoms with Gasteiger partial charge < -0.3 is 9.47 Å². The molecule has 1 heterocycles. The summed E-state index contributed by atoms with van der Waals surface area (Å²) >= 11 is 1.41. The SMILES string of the molecule is COc1cccc(CC(=O)c2sccc2OC)c1. The van der Waals surface area contributed by atoms with Crippen LogP contribution in [0.25, 0.3) is 0 Å². The maximum absolute atomic E-state index is 12.1. The molecule has 0 aliphatic rings. The van der Waals surface area contributed by atoms with Crippen LogP contribution in [-0.2, 0) is 6.42 Å². The van der Waals surface area contributed by atoms with E-state index in [1.807, 2.05) is 35.7 Å². The molecule has 18 heavy (non-hydrogen) atoms. The number of ether oxygens (including phenoxy) is 2. The number of benzene rings is 1. The van der Waals surface area contributed by atoms with Crippen LogP contribution in [0, 0.1) is 0 Å². The lowest BCUT2D eigenvalue weighted by atomic mass is 10.1. The van der Waals surface area contributed by atoms with Gasteiger partial charge in [0.25, 0.3) is 0 Å². The number of thiophene rings is 1. The molecule has 4 heteroatoms. The highest BCUT2D eigenvalue weighted by molar-refractivity contribution is 7.12. The molecule has 0 radical (unpaired) electrons. The Bertz CT molecular complexity index is 545. The molecule has 0 N–H and O–H groups in total. The van der Waals surface area contributed by atoms with E-state index >= 15 is 0 Å². The summed E-state index contributed by atoms with van der Waals surface area (Å²) in [5, 5.41) is 1.86. The number of carbonyl (C=O) groups excluding carboxylic acids is 1. The van der Waals surface area contributed by atoms with Gasteiger partial charge in [-0.15, -0.1) is 11.3 Å². The lowest BCUT2D eigenvalue weighted by Gasteiger charge is -2.04. The highest BCUT2D eigenvalue weighted by atomic mass is 32.1. The molecule has 0 saturated carbocycles. The van der Waals surface area contributed by atoms with Gasteiger partial charge >= 0.3 is 0 Å². The second-order valence-electron chi connectivity index (χ2n) is 3.77. The van der Waals surface area contributed by atoms with E-state index in [0.717, 1.165) is 11.3 Å². The smallest absolute Gasteiger partial charge is 0.180 e. The Kier molecular flexibility index (Phi) is 3.99. The summed E-state index contributed by atoms with van der Waals surface area (Å²) in [6.45, 7) is 0. The lowest BCUT2D eigenvalue weighted by Crippen LogP contribution is -2.03. The molecule has 0 fully saturated rings. The molecule has 0 spiro atoms. The summed E-state index contributed by atoms with van der Waals surface area (Å²) < 4.78 is 10.3. The van der Waals surface area contributed by atoms with Crippen LogP contribution in [0.2, 0.25) is 0 Å². The number of hydrogen-bond donors (Lipinski definition) is 0. The average molecular weight is 262 g/mol. The Morgan fingerprint density at radius 2 is 2.06 bits per heavy atom. The lowest BCUT2D eigenvalue weighted by molar-refractivity contribution is 0.0994. The summed E-state index contributed by atoms with van der Waals surface area (Å²) in [4.78, 5) is 12.8. The van der Waals surface area contributed by atoms with Crippen molar-refractivity contribution in [3.05, 3.63) is 46.2 Å². The molecule has 2 aromatic rings. The largest absolute Gasteiger partial charge is 0.497 e. The molecule has 0 amide bonds. The molecular weight excluding hydrogens is 248 g/mol. The summed E-state index contributed by atoms with van der Waals surface area (Å²) in [6.07, 6.45) is 0.355. The number of ketones is 1. The van der Waals surface area contributed by atoms with Gasteiger partial charge in [-0.25, -0.2) is 0 Å². The quantitative estimate of drug-likeness (QED) is 0.776. The summed E-state index contributed by atoms with van der Waals surface area (Å²) in [5.41, 5.74) is 0.940. The molecule has 3 nitrogen and oxygen atoms in total. The molecular formula is C14H14O3S. The Labute approximate surface area is 110 Å². The van der Waals surface area contributed by atoms with Crippen molar-refractivity contribution < 1.29 is 14.3 Å². The van der Waals surface area contributed by atoms with E-state index in [-0.39, 0.29) is 5.78 Å². The van der Waals surface area contributed by atoms with E-state index in [1.165, 1.54) is 11.3 Å². The normalized spacial score (nSPS) is 10.1. The third-order valence-corrected chi connectivity index (χ3v) is 3.54. The number of hydrogen-bond acceptors (Lipinski definition) is 4. The van der Waals surface area contributed by atoms with E-state index in [0.29, 0.717) is 17.0 Å². The fourth-order valence-corrected chi connectivity index (χ4v) is 2.51. The van der Waals surface area contributed by atoms with Crippen molar-refractivity contribution in [1.29, 1.82) is 0 Å². The second kappa shape index (κ2) is 5.69. The zero-order valence-corrected chi connectivity index (χ0v) is 11.1. The van der Waals surface area contributed by atoms with Crippen molar-refractivity contribution in [2.75, 3.05) is 14.2 Å². The third-order valence-electron chi connectivity index (χ3n) is 2.60. The van der Waals surface area contributed by atoms with Crippen molar-refractivity contribution in [3.8, 4) is 11.5 Å². The summed E-state index contributed by atoms with van der Waals surface area (Å²) in [7, 11) is 3.19. The molecule has 1 aromatic carbocycles. The maximum atomic E-state index is 12.1. The zero-order chi connectivity index (χ0) is 13.0. The van der Waals surface area contributed by atoms with E-state index in [4.69, 9.17) is 9.47 Å². The topological polar surface area (TPSA) is 35.5 Å². The minimum Gasteiger partial charge on any atom is -0.497 e. The van der Waals surface area contributed by atoms with Crippen LogP contribution in [0.15, 0.2) is 35.7 Å². The van der Waals surface area contributed by atoms with Gasteiger partial charge in [-0.05, 0) is 29.1 Å². The first-order chi connectivity index (χ1) is 8.74. The summed E-state index contributed by atoms with van der Waals surface area (Å²) in [6, 6.07) is 9.34. The van der Waals surface area contributed by atoms with E-state index in [1.54, 1.807) is 14.2 Å². The van der Waals surface area contributed by atoms with Crippen LogP contribution < -0.4 is 9.47 Å².